The molecule has 26 heavy (non-hydrogen) atoms. The van der Waals surface area contributed by atoms with Crippen molar-refractivity contribution < 1.29 is 226 Å². The zero-order chi connectivity index (χ0) is 16.0. The van der Waals surface area contributed by atoms with Crippen LogP contribution in [0.1, 0.15) is 81.1 Å². The second-order valence-electron chi connectivity index (χ2n) is 6.28. The van der Waals surface area contributed by atoms with Crippen molar-refractivity contribution >= 4 is 0 Å². The largest absolute Gasteiger partial charge is 0.0856 e. The van der Waals surface area contributed by atoms with Crippen molar-refractivity contribution in [1.82, 2.24) is 0 Å². The van der Waals surface area contributed by atoms with E-state index in [0.717, 1.165) is 0 Å². The van der Waals surface area contributed by atoms with Crippen LogP contribution in [0, 0.1) is 226 Å². The van der Waals surface area contributed by atoms with Crippen LogP contribution in [0.3, 0.4) is 0 Å². The van der Waals surface area contributed by atoms with Crippen molar-refractivity contribution in [2.24, 2.45) is 0 Å². The molecule has 6 heteroatoms. The molecule has 0 bridgehead atoms. The first-order valence-electron chi connectivity index (χ1n) is 7.79. The molecule has 164 valence electrons. The van der Waals surface area contributed by atoms with Crippen LogP contribution in [0.25, 0.3) is 0 Å². The van der Waals surface area contributed by atoms with Gasteiger partial charge in [0.2, 0.25) is 0 Å². The number of rotatable bonds is 6. The molecule has 0 atom stereocenters. The molecular weight excluding hydrogens is 480 g/mol. The van der Waals surface area contributed by atoms with Crippen LogP contribution in [0.5, 0.6) is 0 Å². The van der Waals surface area contributed by atoms with Crippen LogP contribution in [0.15, 0.2) is 46.6 Å². The third-order valence-electron chi connectivity index (χ3n) is 2.54. The van der Waals surface area contributed by atoms with Crippen LogP contribution in [0.4, 0.5) is 0 Å². The van der Waals surface area contributed by atoms with Gasteiger partial charge in [0, 0.05) is 226 Å². The molecule has 0 aliphatic heterocycles. The Hall–Kier alpha value is 6.52. The van der Waals surface area contributed by atoms with Crippen molar-refractivity contribution in [3.63, 3.8) is 0 Å². The smallest absolute Gasteiger partial charge is 0 e. The Labute approximate surface area is 345 Å². The van der Waals surface area contributed by atoms with E-state index in [1.54, 1.807) is 0 Å². The maximum absolute atomic E-state index is 2.28. The number of unbranched alkanes of at least 4 members (excludes halogenated alkanes) is 2. The SMILES string of the molecule is CC(C)=CCCC=C(C)C.CC(C)=CCCC=C(C)C.[Ar].[Ar].[Ar].[Ar].[Ar].[Ar]. The monoisotopic (exact) mass is 516 g/mol. The summed E-state index contributed by atoms with van der Waals surface area (Å²) in [5.41, 5.74) is 5.67. The van der Waals surface area contributed by atoms with E-state index in [9.17, 15) is 0 Å². The average molecular weight is 516 g/mol. The van der Waals surface area contributed by atoms with E-state index < -0.39 is 0 Å². The summed E-state index contributed by atoms with van der Waals surface area (Å²) in [6.45, 7) is 17.1. The standard InChI is InChI=1S/2C10H18.6Ar/c2*1-9(2)7-5-6-8-10(3)4;;;;;;/h2*7-8H,5-6H2,1-4H3;;;;;;. The fourth-order valence-electron chi connectivity index (χ4n) is 1.49. The molecular formula is C20H36Ar6. The second kappa shape index (κ2) is 41.7. The Morgan fingerprint density at radius 3 is 0.538 bits per heavy atom. The van der Waals surface area contributed by atoms with Crippen LogP contribution in [0.2, 0.25) is 0 Å². The minimum atomic E-state index is 0. The molecule has 0 spiro atoms. The van der Waals surface area contributed by atoms with Gasteiger partial charge in [-0.15, -0.1) is 0 Å². The number of hydrogen-bond donors (Lipinski definition) is 0. The molecule has 0 unspecified atom stereocenters. The Kier molecular flexibility index (Phi) is 86.3. The Morgan fingerprint density at radius 2 is 0.462 bits per heavy atom. The molecule has 0 saturated carbocycles. The maximum atomic E-state index is 2.28. The van der Waals surface area contributed by atoms with Gasteiger partial charge in [0.1, 0.15) is 0 Å². The normalized spacial score (nSPS) is 6.77. The number of hydrogen-bond acceptors (Lipinski definition) is 0. The molecule has 0 aliphatic rings. The first-order chi connectivity index (χ1) is 9.25. The van der Waals surface area contributed by atoms with Crippen LogP contribution >= 0.6 is 0 Å². The molecule has 0 aromatic heterocycles. The summed E-state index contributed by atoms with van der Waals surface area (Å²) in [6, 6.07) is 0. The first-order valence-corrected chi connectivity index (χ1v) is 7.79. The summed E-state index contributed by atoms with van der Waals surface area (Å²) in [4.78, 5) is 0. The molecule has 0 fully saturated rings. The zero-order valence-corrected chi connectivity index (χ0v) is 21.5. The van der Waals surface area contributed by atoms with Crippen LogP contribution < -0.4 is 0 Å². The predicted octanol–water partition coefficient (Wildman–Crippen LogP) is 7.40. The Bertz CT molecular complexity index is 280. The van der Waals surface area contributed by atoms with Gasteiger partial charge in [-0.05, 0) is 81.1 Å². The molecule has 0 saturated heterocycles. The first kappa shape index (κ1) is 53.7. The maximum Gasteiger partial charge on any atom is 0 e. The fraction of sp³-hybridized carbons (Fsp3) is 0.600. The molecule has 0 amide bonds. The average Bonchev–Trinajstić information content (AvgIpc) is 2.30. The van der Waals surface area contributed by atoms with E-state index in [-0.39, 0.29) is 226 Å². The van der Waals surface area contributed by atoms with E-state index in [4.69, 9.17) is 0 Å². The van der Waals surface area contributed by atoms with Gasteiger partial charge >= 0.3 is 0 Å². The van der Waals surface area contributed by atoms with Gasteiger partial charge in [0.25, 0.3) is 0 Å². The Morgan fingerprint density at radius 1 is 0.346 bits per heavy atom. The van der Waals surface area contributed by atoms with Gasteiger partial charge in [-0.1, -0.05) is 46.6 Å². The van der Waals surface area contributed by atoms with Crippen LogP contribution in [-0.4, -0.2) is 0 Å². The fourth-order valence-corrected chi connectivity index (χ4v) is 1.49. The molecule has 0 N–H and O–H groups in total. The van der Waals surface area contributed by atoms with Gasteiger partial charge < -0.3 is 0 Å². The molecule has 0 aromatic rings. The van der Waals surface area contributed by atoms with Crippen molar-refractivity contribution in [3.05, 3.63) is 46.6 Å². The quantitative estimate of drug-likeness (QED) is 0.255. The van der Waals surface area contributed by atoms with E-state index in [0.29, 0.717) is 0 Å². The predicted molar refractivity (Wildman–Crippen MR) is 96.2 cm³/mol. The molecule has 0 aliphatic carbocycles. The molecule has 0 radical (unpaired) electrons. The summed E-state index contributed by atoms with van der Waals surface area (Å²) < 4.78 is 0. The third kappa shape index (κ3) is 63.2. The molecule has 0 nitrogen and oxygen atoms in total. The van der Waals surface area contributed by atoms with Crippen molar-refractivity contribution in [2.75, 3.05) is 0 Å². The minimum Gasteiger partial charge on any atom is -0.0856 e. The van der Waals surface area contributed by atoms with E-state index in [1.165, 1.54) is 48.0 Å². The van der Waals surface area contributed by atoms with E-state index in [2.05, 4.69) is 79.7 Å². The molecule has 0 rings (SSSR count). The second-order valence-corrected chi connectivity index (χ2v) is 6.28. The van der Waals surface area contributed by atoms with Gasteiger partial charge in [-0.2, -0.15) is 0 Å². The third-order valence-corrected chi connectivity index (χ3v) is 2.54. The van der Waals surface area contributed by atoms with Crippen molar-refractivity contribution in [3.8, 4) is 0 Å². The molecule has 0 heterocycles. The van der Waals surface area contributed by atoms with Crippen molar-refractivity contribution in [1.29, 1.82) is 0 Å². The van der Waals surface area contributed by atoms with Gasteiger partial charge in [-0.25, -0.2) is 0 Å². The summed E-state index contributed by atoms with van der Waals surface area (Å²) >= 11 is 0. The van der Waals surface area contributed by atoms with Gasteiger partial charge in [0.05, 0.1) is 0 Å². The van der Waals surface area contributed by atoms with Gasteiger partial charge in [-0.3, -0.25) is 0 Å². The van der Waals surface area contributed by atoms with Crippen LogP contribution in [-0.2, 0) is 0 Å². The Balaban J connectivity index is -0.0000000337. The van der Waals surface area contributed by atoms with Gasteiger partial charge in [0.15, 0.2) is 0 Å². The summed E-state index contributed by atoms with van der Waals surface area (Å²) in [5.74, 6) is 0. The summed E-state index contributed by atoms with van der Waals surface area (Å²) in [6.07, 6.45) is 13.9. The summed E-state index contributed by atoms with van der Waals surface area (Å²) in [5, 5.41) is 0. The molecule has 0 aromatic carbocycles. The zero-order valence-electron chi connectivity index (χ0n) is 17.3. The van der Waals surface area contributed by atoms with Crippen molar-refractivity contribution in [2.45, 2.75) is 81.1 Å². The minimum absolute atomic E-state index is 0. The van der Waals surface area contributed by atoms with E-state index >= 15 is 0 Å². The topological polar surface area (TPSA) is 0 Å². The number of allylic oxidation sites excluding steroid dienone is 8. The summed E-state index contributed by atoms with van der Waals surface area (Å²) in [7, 11) is 0. The van der Waals surface area contributed by atoms with E-state index in [1.807, 2.05) is 0 Å².